The van der Waals surface area contributed by atoms with Gasteiger partial charge in [-0.3, -0.25) is 0 Å². The van der Waals surface area contributed by atoms with Gasteiger partial charge < -0.3 is 0 Å². The number of nitrogens with zero attached hydrogens (tertiary/aromatic N) is 2. The van der Waals surface area contributed by atoms with E-state index in [-0.39, 0.29) is 11.3 Å². The molecule has 0 fully saturated rings. The van der Waals surface area contributed by atoms with Crippen LogP contribution in [0.15, 0.2) is 12.3 Å². The Labute approximate surface area is 82.3 Å². The van der Waals surface area contributed by atoms with Crippen LogP contribution in [-0.4, -0.2) is 4.98 Å². The molecule has 0 unspecified atom stereocenters. The van der Waals surface area contributed by atoms with Crippen LogP contribution in [0.1, 0.15) is 23.2 Å². The van der Waals surface area contributed by atoms with Gasteiger partial charge in [-0.2, -0.15) is 5.26 Å². The summed E-state index contributed by atoms with van der Waals surface area (Å²) < 4.78 is 24.6. The van der Waals surface area contributed by atoms with Crippen LogP contribution in [0.4, 0.5) is 8.78 Å². The number of hydrogen-bond acceptors (Lipinski definition) is 2. The molecule has 0 aromatic carbocycles. The molecule has 1 aromatic rings. The molecule has 0 aliphatic rings. The highest BCUT2D eigenvalue weighted by molar-refractivity contribution is 9.08. The second-order valence-corrected chi connectivity index (χ2v) is 2.89. The van der Waals surface area contributed by atoms with E-state index in [4.69, 9.17) is 5.26 Å². The number of nitriles is 1. The third-order valence-corrected chi connectivity index (χ3v) is 2.12. The predicted molar refractivity (Wildman–Crippen MR) is 46.5 cm³/mol. The second kappa shape index (κ2) is 4.28. The van der Waals surface area contributed by atoms with Crippen LogP contribution in [0, 0.1) is 11.3 Å². The maximum Gasteiger partial charge on any atom is 0.266 e. The van der Waals surface area contributed by atoms with Gasteiger partial charge in [0.05, 0.1) is 5.56 Å². The molecule has 0 atom stereocenters. The molecule has 68 valence electrons. The quantitative estimate of drug-likeness (QED) is 0.753. The van der Waals surface area contributed by atoms with Crippen LogP contribution < -0.4 is 0 Å². The SMILES string of the molecule is N#Cc1ncc(CBr)cc1C(F)F. The minimum Gasteiger partial charge on any atom is -0.245 e. The molecule has 0 radical (unpaired) electrons. The highest BCUT2D eigenvalue weighted by atomic mass is 79.9. The molecule has 0 spiro atoms. The average molecular weight is 247 g/mol. The van der Waals surface area contributed by atoms with E-state index in [1.54, 1.807) is 6.07 Å². The Morgan fingerprint density at radius 2 is 2.31 bits per heavy atom. The van der Waals surface area contributed by atoms with Crippen molar-refractivity contribution < 1.29 is 8.78 Å². The number of rotatable bonds is 2. The predicted octanol–water partition coefficient (Wildman–Crippen LogP) is 2.79. The summed E-state index contributed by atoms with van der Waals surface area (Å²) >= 11 is 3.12. The number of alkyl halides is 3. The van der Waals surface area contributed by atoms with Crippen molar-refractivity contribution in [2.45, 2.75) is 11.8 Å². The van der Waals surface area contributed by atoms with Crippen molar-refractivity contribution in [3.8, 4) is 6.07 Å². The van der Waals surface area contributed by atoms with E-state index < -0.39 is 6.43 Å². The van der Waals surface area contributed by atoms with E-state index in [0.717, 1.165) is 0 Å². The van der Waals surface area contributed by atoms with Crippen LogP contribution in [0.2, 0.25) is 0 Å². The van der Waals surface area contributed by atoms with E-state index in [9.17, 15) is 8.78 Å². The Balaban J connectivity index is 3.20. The Morgan fingerprint density at radius 3 is 2.77 bits per heavy atom. The molecule has 0 aliphatic heterocycles. The number of pyridine rings is 1. The lowest BCUT2D eigenvalue weighted by atomic mass is 10.1. The lowest BCUT2D eigenvalue weighted by molar-refractivity contribution is 0.150. The Bertz CT molecular complexity index is 346. The molecule has 1 heterocycles. The zero-order valence-corrected chi connectivity index (χ0v) is 8.05. The summed E-state index contributed by atoms with van der Waals surface area (Å²) in [6.07, 6.45) is -1.25. The number of hydrogen-bond donors (Lipinski definition) is 0. The van der Waals surface area contributed by atoms with E-state index in [1.807, 2.05) is 0 Å². The van der Waals surface area contributed by atoms with Gasteiger partial charge in [0.15, 0.2) is 0 Å². The monoisotopic (exact) mass is 246 g/mol. The molecule has 5 heteroatoms. The van der Waals surface area contributed by atoms with Crippen LogP contribution in [0.5, 0.6) is 0 Å². The molecule has 0 saturated carbocycles. The molecule has 0 aliphatic carbocycles. The van der Waals surface area contributed by atoms with E-state index in [0.29, 0.717) is 10.9 Å². The van der Waals surface area contributed by atoms with E-state index in [2.05, 4.69) is 20.9 Å². The molecule has 0 N–H and O–H groups in total. The fourth-order valence-corrected chi connectivity index (χ4v) is 1.17. The number of halogens is 3. The minimum absolute atomic E-state index is 0.209. The molecular formula is C8H5BrF2N2. The summed E-state index contributed by atoms with van der Waals surface area (Å²) in [5.74, 6) is 0. The molecule has 0 bridgehead atoms. The van der Waals surface area contributed by atoms with Gasteiger partial charge >= 0.3 is 0 Å². The normalized spacial score (nSPS) is 10.1. The zero-order chi connectivity index (χ0) is 9.84. The third kappa shape index (κ3) is 2.22. The molecule has 1 aromatic heterocycles. The first kappa shape index (κ1) is 10.1. The molecule has 1 rings (SSSR count). The first-order valence-corrected chi connectivity index (χ1v) is 4.54. The van der Waals surface area contributed by atoms with E-state index in [1.165, 1.54) is 12.3 Å². The van der Waals surface area contributed by atoms with Crippen molar-refractivity contribution in [1.29, 1.82) is 5.26 Å². The molecule has 13 heavy (non-hydrogen) atoms. The fourth-order valence-electron chi connectivity index (χ4n) is 0.860. The summed E-state index contributed by atoms with van der Waals surface area (Å²) in [4.78, 5) is 3.62. The average Bonchev–Trinajstić information content (AvgIpc) is 2.16. The van der Waals surface area contributed by atoms with Crippen molar-refractivity contribution >= 4 is 15.9 Å². The van der Waals surface area contributed by atoms with Crippen molar-refractivity contribution in [2.75, 3.05) is 0 Å². The maximum atomic E-state index is 12.3. The zero-order valence-electron chi connectivity index (χ0n) is 6.47. The van der Waals surface area contributed by atoms with Gasteiger partial charge in [-0.25, -0.2) is 13.8 Å². The summed E-state index contributed by atoms with van der Waals surface area (Å²) in [7, 11) is 0. The largest absolute Gasteiger partial charge is 0.266 e. The first-order chi connectivity index (χ1) is 6.19. The van der Waals surface area contributed by atoms with Gasteiger partial charge in [0.2, 0.25) is 0 Å². The molecule has 0 saturated heterocycles. The van der Waals surface area contributed by atoms with Crippen LogP contribution >= 0.6 is 15.9 Å². The molecule has 0 amide bonds. The van der Waals surface area contributed by atoms with Crippen LogP contribution in [-0.2, 0) is 5.33 Å². The maximum absolute atomic E-state index is 12.3. The Kier molecular flexibility index (Phi) is 3.32. The summed E-state index contributed by atoms with van der Waals surface area (Å²) in [5.41, 5.74) is 0.119. The molecule has 2 nitrogen and oxygen atoms in total. The van der Waals surface area contributed by atoms with Gasteiger partial charge in [-0.05, 0) is 11.6 Å². The highest BCUT2D eigenvalue weighted by Crippen LogP contribution is 2.22. The van der Waals surface area contributed by atoms with Gasteiger partial charge in [0.1, 0.15) is 11.8 Å². The van der Waals surface area contributed by atoms with Gasteiger partial charge in [-0.1, -0.05) is 15.9 Å². The smallest absolute Gasteiger partial charge is 0.245 e. The van der Waals surface area contributed by atoms with Gasteiger partial charge in [0.25, 0.3) is 6.43 Å². The van der Waals surface area contributed by atoms with Crippen molar-refractivity contribution in [3.63, 3.8) is 0 Å². The highest BCUT2D eigenvalue weighted by Gasteiger charge is 2.14. The van der Waals surface area contributed by atoms with Crippen LogP contribution in [0.25, 0.3) is 0 Å². The van der Waals surface area contributed by atoms with Crippen molar-refractivity contribution in [2.24, 2.45) is 0 Å². The standard InChI is InChI=1S/C8H5BrF2N2/c9-2-5-1-6(8(10)11)7(3-12)13-4-5/h1,4,8H,2H2. The lowest BCUT2D eigenvalue weighted by Crippen LogP contribution is -1.95. The minimum atomic E-state index is -2.65. The van der Waals surface area contributed by atoms with Gasteiger partial charge in [0, 0.05) is 11.5 Å². The van der Waals surface area contributed by atoms with Crippen molar-refractivity contribution in [1.82, 2.24) is 4.98 Å². The lowest BCUT2D eigenvalue weighted by Gasteiger charge is -2.02. The second-order valence-electron chi connectivity index (χ2n) is 2.33. The number of aromatic nitrogens is 1. The fraction of sp³-hybridized carbons (Fsp3) is 0.250. The third-order valence-electron chi connectivity index (χ3n) is 1.47. The topological polar surface area (TPSA) is 36.7 Å². The van der Waals surface area contributed by atoms with E-state index >= 15 is 0 Å². The van der Waals surface area contributed by atoms with Gasteiger partial charge in [-0.15, -0.1) is 0 Å². The summed E-state index contributed by atoms with van der Waals surface area (Å²) in [5, 5.41) is 8.92. The Morgan fingerprint density at radius 1 is 1.62 bits per heavy atom. The summed E-state index contributed by atoms with van der Waals surface area (Å²) in [6, 6.07) is 2.90. The molecular weight excluding hydrogens is 242 g/mol. The summed E-state index contributed by atoms with van der Waals surface area (Å²) in [6.45, 7) is 0. The Hall–Kier alpha value is -1.02. The van der Waals surface area contributed by atoms with Crippen LogP contribution in [0.3, 0.4) is 0 Å². The van der Waals surface area contributed by atoms with Crippen molar-refractivity contribution in [3.05, 3.63) is 29.1 Å². The first-order valence-electron chi connectivity index (χ1n) is 3.42.